The molecule has 0 fully saturated rings. The predicted molar refractivity (Wildman–Crippen MR) is 74.8 cm³/mol. The number of amides is 1. The highest BCUT2D eigenvalue weighted by Gasteiger charge is 2.17. The molecule has 4 heteroatoms. The normalized spacial score (nSPS) is 10.7. The van der Waals surface area contributed by atoms with Gasteiger partial charge in [-0.25, -0.2) is 4.98 Å². The molecule has 0 unspecified atom stereocenters. The topological polar surface area (TPSA) is 33.2 Å². The smallest absolute Gasteiger partial charge is 0.265 e. The summed E-state index contributed by atoms with van der Waals surface area (Å²) in [7, 11) is 1.81. The third-order valence-electron chi connectivity index (χ3n) is 2.83. The third-order valence-corrected chi connectivity index (χ3v) is 3.87. The lowest BCUT2D eigenvalue weighted by Gasteiger charge is -2.20. The van der Waals surface area contributed by atoms with Crippen molar-refractivity contribution in [2.45, 2.75) is 19.9 Å². The van der Waals surface area contributed by atoms with Crippen LogP contribution in [-0.4, -0.2) is 28.9 Å². The van der Waals surface area contributed by atoms with E-state index < -0.39 is 0 Å². The second-order valence-electron chi connectivity index (χ2n) is 4.41. The number of aromatic nitrogens is 1. The summed E-state index contributed by atoms with van der Waals surface area (Å²) < 4.78 is 0. The second kappa shape index (κ2) is 5.31. The molecule has 2 rings (SSSR count). The number of benzene rings is 1. The van der Waals surface area contributed by atoms with E-state index >= 15 is 0 Å². The summed E-state index contributed by atoms with van der Waals surface area (Å²) in [5.74, 6) is 0.0321. The Hall–Kier alpha value is -1.68. The molecular weight excluding hydrogens is 244 g/mol. The summed E-state index contributed by atoms with van der Waals surface area (Å²) in [6, 6.07) is 10.1. The Kier molecular flexibility index (Phi) is 3.77. The van der Waals surface area contributed by atoms with Gasteiger partial charge in [0.15, 0.2) is 0 Å². The van der Waals surface area contributed by atoms with Gasteiger partial charge in [-0.1, -0.05) is 30.3 Å². The van der Waals surface area contributed by atoms with Gasteiger partial charge in [0.05, 0.1) is 6.20 Å². The van der Waals surface area contributed by atoms with Gasteiger partial charge in [0.2, 0.25) is 0 Å². The summed E-state index contributed by atoms with van der Waals surface area (Å²) >= 11 is 1.44. The van der Waals surface area contributed by atoms with E-state index in [1.54, 1.807) is 11.1 Å². The van der Waals surface area contributed by atoms with Crippen molar-refractivity contribution in [2.24, 2.45) is 0 Å². The van der Waals surface area contributed by atoms with Crippen molar-refractivity contribution >= 4 is 17.2 Å². The van der Waals surface area contributed by atoms with Crippen LogP contribution >= 0.6 is 11.3 Å². The van der Waals surface area contributed by atoms with Crippen LogP contribution in [-0.2, 0) is 0 Å². The molecule has 0 aliphatic heterocycles. The van der Waals surface area contributed by atoms with Crippen molar-refractivity contribution in [1.82, 2.24) is 9.88 Å². The van der Waals surface area contributed by atoms with Crippen LogP contribution in [0.1, 0.15) is 23.5 Å². The fourth-order valence-corrected chi connectivity index (χ4v) is 2.40. The van der Waals surface area contributed by atoms with Crippen LogP contribution in [0.2, 0.25) is 0 Å². The van der Waals surface area contributed by atoms with Gasteiger partial charge in [0.1, 0.15) is 9.88 Å². The first-order valence-corrected chi connectivity index (χ1v) is 6.69. The highest BCUT2D eigenvalue weighted by molar-refractivity contribution is 7.16. The molecule has 1 amide bonds. The van der Waals surface area contributed by atoms with Gasteiger partial charge in [-0.05, 0) is 13.8 Å². The molecule has 0 saturated heterocycles. The molecule has 0 bridgehead atoms. The maximum absolute atomic E-state index is 12.1. The summed E-state index contributed by atoms with van der Waals surface area (Å²) in [4.78, 5) is 18.9. The zero-order chi connectivity index (χ0) is 13.1. The van der Waals surface area contributed by atoms with E-state index in [4.69, 9.17) is 0 Å². The Labute approximate surface area is 111 Å². The van der Waals surface area contributed by atoms with Gasteiger partial charge in [0, 0.05) is 18.7 Å². The fourth-order valence-electron chi connectivity index (χ4n) is 1.50. The number of rotatable bonds is 3. The minimum Gasteiger partial charge on any atom is -0.339 e. The Bertz CT molecular complexity index is 534. The summed E-state index contributed by atoms with van der Waals surface area (Å²) in [5, 5.41) is 0.885. The SMILES string of the molecule is CC(C)N(C)C(=O)c1cnc(-c2ccccc2)s1. The molecular formula is C14H16N2OS. The lowest BCUT2D eigenvalue weighted by atomic mass is 10.2. The van der Waals surface area contributed by atoms with E-state index in [2.05, 4.69) is 4.98 Å². The molecule has 1 aromatic heterocycles. The largest absolute Gasteiger partial charge is 0.339 e. The van der Waals surface area contributed by atoms with Crippen LogP contribution in [0, 0.1) is 0 Å². The maximum Gasteiger partial charge on any atom is 0.265 e. The molecule has 1 heterocycles. The Morgan fingerprint density at radius 2 is 1.94 bits per heavy atom. The highest BCUT2D eigenvalue weighted by Crippen LogP contribution is 2.25. The summed E-state index contributed by atoms with van der Waals surface area (Å²) in [6.45, 7) is 3.99. The van der Waals surface area contributed by atoms with Crippen LogP contribution in [0.15, 0.2) is 36.5 Å². The molecule has 94 valence electrons. The van der Waals surface area contributed by atoms with Crippen molar-refractivity contribution in [3.8, 4) is 10.6 Å². The van der Waals surface area contributed by atoms with Crippen molar-refractivity contribution in [3.05, 3.63) is 41.4 Å². The Morgan fingerprint density at radius 3 is 2.56 bits per heavy atom. The molecule has 2 aromatic rings. The fraction of sp³-hybridized carbons (Fsp3) is 0.286. The molecule has 0 atom stereocenters. The van der Waals surface area contributed by atoms with Gasteiger partial charge in [-0.3, -0.25) is 4.79 Å². The zero-order valence-electron chi connectivity index (χ0n) is 10.8. The van der Waals surface area contributed by atoms with Crippen LogP contribution in [0.25, 0.3) is 10.6 Å². The summed E-state index contributed by atoms with van der Waals surface area (Å²) in [6.07, 6.45) is 1.66. The van der Waals surface area contributed by atoms with E-state index in [0.717, 1.165) is 10.6 Å². The molecule has 0 N–H and O–H groups in total. The monoisotopic (exact) mass is 260 g/mol. The zero-order valence-corrected chi connectivity index (χ0v) is 11.6. The third kappa shape index (κ3) is 2.59. The predicted octanol–water partition coefficient (Wildman–Crippen LogP) is 3.29. The molecule has 0 saturated carbocycles. The average molecular weight is 260 g/mol. The molecule has 3 nitrogen and oxygen atoms in total. The van der Waals surface area contributed by atoms with Crippen LogP contribution in [0.3, 0.4) is 0 Å². The van der Waals surface area contributed by atoms with Crippen molar-refractivity contribution in [1.29, 1.82) is 0 Å². The van der Waals surface area contributed by atoms with Gasteiger partial charge >= 0.3 is 0 Å². The minimum absolute atomic E-state index is 0.0321. The second-order valence-corrected chi connectivity index (χ2v) is 5.44. The molecule has 0 spiro atoms. The number of nitrogens with zero attached hydrogens (tertiary/aromatic N) is 2. The van der Waals surface area contributed by atoms with Crippen molar-refractivity contribution in [3.63, 3.8) is 0 Å². The van der Waals surface area contributed by atoms with E-state index in [1.807, 2.05) is 51.2 Å². The van der Waals surface area contributed by atoms with E-state index in [-0.39, 0.29) is 11.9 Å². The first-order valence-electron chi connectivity index (χ1n) is 5.88. The quantitative estimate of drug-likeness (QED) is 0.848. The first kappa shape index (κ1) is 12.8. The van der Waals surface area contributed by atoms with Crippen LogP contribution in [0.4, 0.5) is 0 Å². The van der Waals surface area contributed by atoms with Gasteiger partial charge in [-0.2, -0.15) is 0 Å². The highest BCUT2D eigenvalue weighted by atomic mass is 32.1. The number of thiazole rings is 1. The molecule has 0 radical (unpaired) electrons. The molecule has 0 aliphatic carbocycles. The maximum atomic E-state index is 12.1. The molecule has 1 aromatic carbocycles. The minimum atomic E-state index is 0.0321. The number of carbonyl (C=O) groups excluding carboxylic acids is 1. The van der Waals surface area contributed by atoms with E-state index in [1.165, 1.54) is 11.3 Å². The van der Waals surface area contributed by atoms with Gasteiger partial charge in [0.25, 0.3) is 5.91 Å². The average Bonchev–Trinajstić information content (AvgIpc) is 2.87. The first-order chi connectivity index (χ1) is 8.59. The molecule has 18 heavy (non-hydrogen) atoms. The van der Waals surface area contributed by atoms with Crippen LogP contribution in [0.5, 0.6) is 0 Å². The lowest BCUT2D eigenvalue weighted by Crippen LogP contribution is -2.32. The van der Waals surface area contributed by atoms with E-state index in [9.17, 15) is 4.79 Å². The number of carbonyl (C=O) groups is 1. The van der Waals surface area contributed by atoms with Crippen LogP contribution < -0.4 is 0 Å². The number of hydrogen-bond acceptors (Lipinski definition) is 3. The number of hydrogen-bond donors (Lipinski definition) is 0. The van der Waals surface area contributed by atoms with Crippen molar-refractivity contribution < 1.29 is 4.79 Å². The Morgan fingerprint density at radius 1 is 1.28 bits per heavy atom. The lowest BCUT2D eigenvalue weighted by molar-refractivity contribution is 0.0759. The molecule has 0 aliphatic rings. The van der Waals surface area contributed by atoms with Crippen molar-refractivity contribution in [2.75, 3.05) is 7.05 Å². The Balaban J connectivity index is 2.24. The standard InChI is InChI=1S/C14H16N2OS/c1-10(2)16(3)14(17)12-9-15-13(18-12)11-7-5-4-6-8-11/h4-10H,1-3H3. The van der Waals surface area contributed by atoms with Gasteiger partial charge < -0.3 is 4.90 Å². The van der Waals surface area contributed by atoms with Gasteiger partial charge in [-0.15, -0.1) is 11.3 Å². The van der Waals surface area contributed by atoms with E-state index in [0.29, 0.717) is 4.88 Å². The summed E-state index contributed by atoms with van der Waals surface area (Å²) in [5.41, 5.74) is 1.05.